The van der Waals surface area contributed by atoms with Crippen molar-refractivity contribution < 1.29 is 4.79 Å². The molecule has 190 valence electrons. The zero-order valence-electron chi connectivity index (χ0n) is 21.6. The predicted octanol–water partition coefficient (Wildman–Crippen LogP) is 3.86. The molecule has 37 heavy (non-hydrogen) atoms. The summed E-state index contributed by atoms with van der Waals surface area (Å²) in [6.07, 6.45) is 7.87. The average molecular weight is 497 g/mol. The van der Waals surface area contributed by atoms with Crippen molar-refractivity contribution in [1.29, 1.82) is 0 Å². The molecular weight excluding hydrogens is 464 g/mol. The molecule has 0 aliphatic carbocycles. The van der Waals surface area contributed by atoms with Crippen molar-refractivity contribution in [3.63, 3.8) is 0 Å². The molecule has 2 aliphatic heterocycles. The Labute approximate surface area is 216 Å². The Bertz CT molecular complexity index is 1490. The first-order chi connectivity index (χ1) is 18.0. The van der Waals surface area contributed by atoms with Crippen molar-refractivity contribution in [3.8, 4) is 11.3 Å². The van der Waals surface area contributed by atoms with Gasteiger partial charge in [-0.3, -0.25) is 9.78 Å². The molecule has 0 bridgehead atoms. The molecule has 1 fully saturated rings. The third kappa shape index (κ3) is 4.40. The molecule has 6 heterocycles. The van der Waals surface area contributed by atoms with Gasteiger partial charge in [0.25, 0.3) is 5.91 Å². The van der Waals surface area contributed by atoms with Gasteiger partial charge in [-0.05, 0) is 63.2 Å². The molecule has 4 aromatic heterocycles. The molecule has 4 aromatic rings. The number of nitrogens with one attached hydrogen (secondary N) is 2. The number of rotatable bonds is 4. The summed E-state index contributed by atoms with van der Waals surface area (Å²) in [6.45, 7) is 6.63. The number of carbonyl (C=O) groups is 1. The zero-order chi connectivity index (χ0) is 25.5. The molecule has 0 spiro atoms. The van der Waals surface area contributed by atoms with E-state index >= 15 is 0 Å². The minimum Gasteiger partial charge on any atom is -0.355 e. The van der Waals surface area contributed by atoms with Crippen LogP contribution in [0, 0.1) is 6.92 Å². The lowest BCUT2D eigenvalue weighted by Crippen LogP contribution is -2.37. The van der Waals surface area contributed by atoms with E-state index in [-0.39, 0.29) is 5.91 Å². The highest BCUT2D eigenvalue weighted by Gasteiger charge is 2.28. The van der Waals surface area contributed by atoms with Crippen molar-refractivity contribution >= 4 is 34.3 Å². The van der Waals surface area contributed by atoms with E-state index in [0.29, 0.717) is 17.8 Å². The van der Waals surface area contributed by atoms with Gasteiger partial charge in [0.1, 0.15) is 17.3 Å². The Morgan fingerprint density at radius 1 is 1.03 bits per heavy atom. The summed E-state index contributed by atoms with van der Waals surface area (Å²) in [4.78, 5) is 32.0. The van der Waals surface area contributed by atoms with Crippen LogP contribution in [0.15, 0.2) is 42.9 Å². The average Bonchev–Trinajstić information content (AvgIpc) is 3.45. The maximum Gasteiger partial charge on any atom is 0.254 e. The molecule has 1 amide bonds. The van der Waals surface area contributed by atoms with Gasteiger partial charge in [0.15, 0.2) is 0 Å². The number of aryl methyl sites for hydroxylation is 2. The number of anilines is 3. The van der Waals surface area contributed by atoms with Crippen LogP contribution in [-0.4, -0.2) is 63.6 Å². The second kappa shape index (κ2) is 9.48. The maximum atomic E-state index is 13.0. The Hall–Kier alpha value is -3.98. The molecule has 2 aliphatic rings. The lowest BCUT2D eigenvalue weighted by Gasteiger charge is -2.30. The van der Waals surface area contributed by atoms with Crippen molar-refractivity contribution in [2.45, 2.75) is 26.3 Å². The molecule has 1 saturated heterocycles. The van der Waals surface area contributed by atoms with E-state index in [4.69, 9.17) is 9.97 Å². The first-order valence-electron chi connectivity index (χ1n) is 12.9. The van der Waals surface area contributed by atoms with E-state index in [1.807, 2.05) is 36.0 Å². The highest BCUT2D eigenvalue weighted by Crippen LogP contribution is 2.36. The van der Waals surface area contributed by atoms with Crippen LogP contribution in [0.4, 0.5) is 17.3 Å². The van der Waals surface area contributed by atoms with Crippen LogP contribution in [0.3, 0.4) is 0 Å². The van der Waals surface area contributed by atoms with Gasteiger partial charge in [0.05, 0.1) is 23.1 Å². The Kier molecular flexibility index (Phi) is 6.00. The summed E-state index contributed by atoms with van der Waals surface area (Å²) in [5.74, 6) is 1.59. The minimum absolute atomic E-state index is 0.0980. The highest BCUT2D eigenvalue weighted by atomic mass is 16.1. The van der Waals surface area contributed by atoms with Gasteiger partial charge in [-0.15, -0.1) is 0 Å². The maximum absolute atomic E-state index is 13.0. The van der Waals surface area contributed by atoms with Gasteiger partial charge < -0.3 is 25.0 Å². The molecule has 9 heteroatoms. The van der Waals surface area contributed by atoms with Gasteiger partial charge in [-0.2, -0.15) is 0 Å². The third-order valence-electron chi connectivity index (χ3n) is 7.37. The molecular formula is C28H32N8O. The van der Waals surface area contributed by atoms with E-state index in [1.54, 1.807) is 12.4 Å². The van der Waals surface area contributed by atoms with Gasteiger partial charge in [0, 0.05) is 62.1 Å². The summed E-state index contributed by atoms with van der Waals surface area (Å²) in [7, 11) is 4.15. The zero-order valence-corrected chi connectivity index (χ0v) is 21.6. The van der Waals surface area contributed by atoms with E-state index in [1.165, 1.54) is 6.42 Å². The lowest BCUT2D eigenvalue weighted by atomic mass is 10.0. The minimum atomic E-state index is -0.0980. The number of carbonyl (C=O) groups excluding carboxylic acids is 1. The molecule has 0 atom stereocenters. The smallest absolute Gasteiger partial charge is 0.254 e. The van der Waals surface area contributed by atoms with Crippen LogP contribution in [0.2, 0.25) is 0 Å². The lowest BCUT2D eigenvalue weighted by molar-refractivity contribution is 0.0966. The fourth-order valence-electron chi connectivity index (χ4n) is 5.38. The first kappa shape index (κ1) is 23.4. The number of aromatic nitrogens is 4. The van der Waals surface area contributed by atoms with Crippen LogP contribution in [0.25, 0.3) is 22.3 Å². The number of hydrogen-bond acceptors (Lipinski definition) is 7. The largest absolute Gasteiger partial charge is 0.355 e. The second-order valence-corrected chi connectivity index (χ2v) is 10.1. The summed E-state index contributed by atoms with van der Waals surface area (Å²) in [5.41, 5.74) is 5.98. The van der Waals surface area contributed by atoms with E-state index < -0.39 is 0 Å². The predicted molar refractivity (Wildman–Crippen MR) is 146 cm³/mol. The third-order valence-corrected chi connectivity index (χ3v) is 7.37. The first-order valence-corrected chi connectivity index (χ1v) is 12.9. The number of hydrogen-bond donors (Lipinski definition) is 2. The molecule has 0 aromatic carbocycles. The molecule has 0 unspecified atom stereocenters. The normalized spacial score (nSPS) is 16.4. The summed E-state index contributed by atoms with van der Waals surface area (Å²) < 4.78 is 1.99. The van der Waals surface area contributed by atoms with Crippen LogP contribution >= 0.6 is 0 Å². The van der Waals surface area contributed by atoms with Crippen molar-refractivity contribution in [1.82, 2.24) is 29.7 Å². The number of likely N-dealkylation sites (N-methyl/N-ethyl adjacent to an activating group) is 1. The van der Waals surface area contributed by atoms with Crippen LogP contribution in [-0.2, 0) is 13.6 Å². The van der Waals surface area contributed by atoms with Gasteiger partial charge in [-0.1, -0.05) is 0 Å². The Morgan fingerprint density at radius 2 is 1.89 bits per heavy atom. The molecule has 6 rings (SSSR count). The topological polar surface area (TPSA) is 91.2 Å². The molecule has 0 radical (unpaired) electrons. The van der Waals surface area contributed by atoms with Crippen molar-refractivity contribution in [3.05, 3.63) is 59.5 Å². The number of nitrogens with zero attached hydrogens (tertiary/aromatic N) is 6. The van der Waals surface area contributed by atoms with E-state index in [2.05, 4.69) is 45.5 Å². The van der Waals surface area contributed by atoms with E-state index in [0.717, 1.165) is 77.7 Å². The fraction of sp³-hybridized carbons (Fsp3) is 0.357. The number of pyridine rings is 3. The fourth-order valence-corrected chi connectivity index (χ4v) is 5.38. The molecule has 2 N–H and O–H groups in total. The van der Waals surface area contributed by atoms with Gasteiger partial charge in [-0.25, -0.2) is 9.97 Å². The summed E-state index contributed by atoms with van der Waals surface area (Å²) >= 11 is 0. The van der Waals surface area contributed by atoms with Crippen LogP contribution in [0.5, 0.6) is 0 Å². The van der Waals surface area contributed by atoms with Gasteiger partial charge >= 0.3 is 0 Å². The Balaban J connectivity index is 1.36. The summed E-state index contributed by atoms with van der Waals surface area (Å²) in [5, 5.41) is 7.43. The SMILES string of the molecule is Cc1cc(Nc2cnc(-c3ccnc4c3ccn4C)c3c2C(=O)NC3)nc(N2CCCCN(C)CC2)c1. The van der Waals surface area contributed by atoms with Crippen molar-refractivity contribution in [2.75, 3.05) is 43.4 Å². The molecule has 0 saturated carbocycles. The Morgan fingerprint density at radius 3 is 2.78 bits per heavy atom. The van der Waals surface area contributed by atoms with Crippen LogP contribution < -0.4 is 15.5 Å². The number of fused-ring (bicyclic) bond motifs is 2. The number of amides is 1. The monoisotopic (exact) mass is 496 g/mol. The highest BCUT2D eigenvalue weighted by molar-refractivity contribution is 6.06. The van der Waals surface area contributed by atoms with Crippen molar-refractivity contribution in [2.24, 2.45) is 7.05 Å². The van der Waals surface area contributed by atoms with Gasteiger partial charge in [0.2, 0.25) is 0 Å². The molecule has 9 nitrogen and oxygen atoms in total. The quantitative estimate of drug-likeness (QED) is 0.443. The van der Waals surface area contributed by atoms with E-state index in [9.17, 15) is 4.79 Å². The van der Waals surface area contributed by atoms with Crippen LogP contribution in [0.1, 0.15) is 34.3 Å². The second-order valence-electron chi connectivity index (χ2n) is 10.1. The summed E-state index contributed by atoms with van der Waals surface area (Å²) in [6, 6.07) is 8.17. The standard InChI is InChI=1S/C28H32N8O/c1-18-14-23(33-24(15-18)36-10-5-4-9-34(2)12-13-36)32-22-17-30-26(21-16-31-28(37)25(21)22)19-6-8-29-27-20(19)7-11-35(27)3/h6-8,11,14-15,17H,4-5,9-10,12-13,16H2,1-3H3,(H,31,37)(H,32,33).